The van der Waals surface area contributed by atoms with Crippen LogP contribution in [0.4, 0.5) is 4.79 Å². The highest BCUT2D eigenvalue weighted by molar-refractivity contribution is 5.81. The molecule has 0 spiro atoms. The summed E-state index contributed by atoms with van der Waals surface area (Å²) in [5, 5.41) is 3.70. The van der Waals surface area contributed by atoms with Crippen LogP contribution in [0.25, 0.3) is 0 Å². The highest BCUT2D eigenvalue weighted by atomic mass is 16.7. The van der Waals surface area contributed by atoms with E-state index in [0.717, 1.165) is 17.5 Å². The van der Waals surface area contributed by atoms with Gasteiger partial charge in [0, 0.05) is 5.56 Å². The maximum absolute atomic E-state index is 10.5. The highest BCUT2D eigenvalue weighted by Crippen LogP contribution is 2.22. The van der Waals surface area contributed by atoms with E-state index in [4.69, 9.17) is 15.2 Å². The lowest BCUT2D eigenvalue weighted by Gasteiger charge is -2.23. The Labute approximate surface area is 105 Å². The molecule has 0 bridgehead atoms. The molecule has 0 atom stereocenters. The summed E-state index contributed by atoms with van der Waals surface area (Å²) in [6.45, 7) is 1.40. The molecule has 2 rings (SSSR count). The number of urea groups is 1. The Morgan fingerprint density at radius 2 is 2.22 bits per heavy atom. The maximum atomic E-state index is 10.5. The van der Waals surface area contributed by atoms with E-state index in [1.165, 1.54) is 6.21 Å². The van der Waals surface area contributed by atoms with Crippen LogP contribution in [0.3, 0.4) is 0 Å². The van der Waals surface area contributed by atoms with Gasteiger partial charge in [0.2, 0.25) is 0 Å². The Bertz CT molecular complexity index is 442. The molecule has 1 fully saturated rings. The van der Waals surface area contributed by atoms with Gasteiger partial charge in [0.1, 0.15) is 0 Å². The van der Waals surface area contributed by atoms with Crippen molar-refractivity contribution in [1.82, 2.24) is 5.43 Å². The van der Waals surface area contributed by atoms with E-state index in [1.54, 1.807) is 0 Å². The maximum Gasteiger partial charge on any atom is 0.332 e. The predicted octanol–water partition coefficient (Wildman–Crippen LogP) is 1.12. The normalized spacial score (nSPS) is 16.9. The monoisotopic (exact) mass is 249 g/mol. The molecule has 0 saturated carbocycles. The molecule has 1 heterocycles. The quantitative estimate of drug-likeness (QED) is 0.621. The van der Waals surface area contributed by atoms with E-state index in [0.29, 0.717) is 13.2 Å². The summed E-state index contributed by atoms with van der Waals surface area (Å²) in [7, 11) is 0. The van der Waals surface area contributed by atoms with Gasteiger partial charge in [-0.05, 0) is 18.1 Å². The average molecular weight is 249 g/mol. The van der Waals surface area contributed by atoms with Gasteiger partial charge in [-0.15, -0.1) is 0 Å². The molecule has 1 aromatic rings. The number of rotatable bonds is 3. The number of primary amides is 1. The number of hydrazone groups is 1. The molecule has 1 aromatic carbocycles. The highest BCUT2D eigenvalue weighted by Gasteiger charge is 2.16. The number of hydrogen-bond acceptors (Lipinski definition) is 4. The second kappa shape index (κ2) is 6.13. The van der Waals surface area contributed by atoms with Crippen molar-refractivity contribution in [2.45, 2.75) is 12.7 Å². The van der Waals surface area contributed by atoms with Crippen molar-refractivity contribution in [2.24, 2.45) is 10.8 Å². The van der Waals surface area contributed by atoms with Gasteiger partial charge in [0.25, 0.3) is 0 Å². The molecular weight excluding hydrogens is 234 g/mol. The molecule has 6 nitrogen and oxygen atoms in total. The van der Waals surface area contributed by atoms with Crippen LogP contribution in [0.15, 0.2) is 29.4 Å². The second-order valence-corrected chi connectivity index (χ2v) is 3.83. The van der Waals surface area contributed by atoms with Crippen molar-refractivity contribution < 1.29 is 14.3 Å². The van der Waals surface area contributed by atoms with Gasteiger partial charge in [-0.3, -0.25) is 0 Å². The van der Waals surface area contributed by atoms with Gasteiger partial charge in [-0.1, -0.05) is 18.2 Å². The molecule has 96 valence electrons. The van der Waals surface area contributed by atoms with E-state index in [2.05, 4.69) is 10.5 Å². The van der Waals surface area contributed by atoms with Crippen molar-refractivity contribution in [3.05, 3.63) is 35.4 Å². The van der Waals surface area contributed by atoms with Crippen LogP contribution in [0.1, 0.15) is 23.8 Å². The van der Waals surface area contributed by atoms with E-state index in [1.807, 2.05) is 24.3 Å². The fourth-order valence-corrected chi connectivity index (χ4v) is 1.64. The Morgan fingerprint density at radius 1 is 1.44 bits per heavy atom. The van der Waals surface area contributed by atoms with Crippen molar-refractivity contribution in [3.63, 3.8) is 0 Å². The minimum atomic E-state index is -0.693. The number of benzene rings is 1. The Hall–Kier alpha value is -1.92. The summed E-state index contributed by atoms with van der Waals surface area (Å²) in [6, 6.07) is 6.86. The third-order valence-electron chi connectivity index (χ3n) is 2.40. The summed E-state index contributed by atoms with van der Waals surface area (Å²) >= 11 is 0. The molecule has 6 heteroatoms. The number of ether oxygens (including phenoxy) is 2. The van der Waals surface area contributed by atoms with Crippen LogP contribution < -0.4 is 11.2 Å². The summed E-state index contributed by atoms with van der Waals surface area (Å²) in [5.41, 5.74) is 8.80. The zero-order valence-electron chi connectivity index (χ0n) is 9.83. The number of carbonyl (C=O) groups excluding carboxylic acids is 1. The molecule has 2 amide bonds. The molecule has 0 aliphatic carbocycles. The topological polar surface area (TPSA) is 85.9 Å². The third-order valence-corrected chi connectivity index (χ3v) is 2.40. The molecule has 1 saturated heterocycles. The smallest absolute Gasteiger partial charge is 0.332 e. The van der Waals surface area contributed by atoms with E-state index < -0.39 is 6.03 Å². The van der Waals surface area contributed by atoms with Crippen molar-refractivity contribution >= 4 is 12.2 Å². The van der Waals surface area contributed by atoms with Crippen LogP contribution in [-0.2, 0) is 9.47 Å². The zero-order valence-corrected chi connectivity index (χ0v) is 9.83. The number of carbonyl (C=O) groups is 1. The van der Waals surface area contributed by atoms with Gasteiger partial charge in [0.05, 0.1) is 19.4 Å². The van der Waals surface area contributed by atoms with Gasteiger partial charge in [-0.2, -0.15) is 5.10 Å². The Balaban J connectivity index is 2.04. The predicted molar refractivity (Wildman–Crippen MR) is 66.0 cm³/mol. The summed E-state index contributed by atoms with van der Waals surface area (Å²) in [5.74, 6) is 0. The van der Waals surface area contributed by atoms with Crippen LogP contribution in [0.5, 0.6) is 0 Å². The van der Waals surface area contributed by atoms with Crippen molar-refractivity contribution in [2.75, 3.05) is 13.2 Å². The summed E-state index contributed by atoms with van der Waals surface area (Å²) < 4.78 is 11.0. The Kier molecular flexibility index (Phi) is 4.27. The first kappa shape index (κ1) is 12.5. The average Bonchev–Trinajstić information content (AvgIpc) is 2.40. The van der Waals surface area contributed by atoms with Crippen LogP contribution in [-0.4, -0.2) is 25.5 Å². The second-order valence-electron chi connectivity index (χ2n) is 3.83. The lowest BCUT2D eigenvalue weighted by molar-refractivity contribution is -0.183. The number of nitrogens with one attached hydrogen (secondary N) is 1. The van der Waals surface area contributed by atoms with E-state index in [9.17, 15) is 4.79 Å². The number of hydrogen-bond donors (Lipinski definition) is 2. The first-order valence-electron chi connectivity index (χ1n) is 5.67. The fraction of sp³-hybridized carbons (Fsp3) is 0.333. The molecule has 3 N–H and O–H groups in total. The Morgan fingerprint density at radius 3 is 2.94 bits per heavy atom. The van der Waals surface area contributed by atoms with E-state index in [-0.39, 0.29) is 6.29 Å². The van der Waals surface area contributed by atoms with Gasteiger partial charge < -0.3 is 15.2 Å². The van der Waals surface area contributed by atoms with Gasteiger partial charge in [0.15, 0.2) is 6.29 Å². The fourth-order valence-electron chi connectivity index (χ4n) is 1.64. The molecule has 18 heavy (non-hydrogen) atoms. The van der Waals surface area contributed by atoms with Crippen molar-refractivity contribution in [3.8, 4) is 0 Å². The minimum absolute atomic E-state index is 0.323. The molecular formula is C12H15N3O3. The van der Waals surface area contributed by atoms with E-state index >= 15 is 0 Å². The minimum Gasteiger partial charge on any atom is -0.350 e. The number of amides is 2. The first-order valence-corrected chi connectivity index (χ1v) is 5.67. The molecule has 0 radical (unpaired) electrons. The van der Waals surface area contributed by atoms with Gasteiger partial charge in [-0.25, -0.2) is 10.2 Å². The van der Waals surface area contributed by atoms with Crippen LogP contribution in [0.2, 0.25) is 0 Å². The molecule has 0 aromatic heterocycles. The summed E-state index contributed by atoms with van der Waals surface area (Å²) in [6.07, 6.45) is 2.10. The van der Waals surface area contributed by atoms with Crippen LogP contribution in [0, 0.1) is 0 Å². The third kappa shape index (κ3) is 3.54. The first-order chi connectivity index (χ1) is 8.75. The summed E-state index contributed by atoms with van der Waals surface area (Å²) in [4.78, 5) is 10.5. The SMILES string of the molecule is NC(=O)NN=Cc1cccc(C2OCCCO2)c1. The zero-order chi connectivity index (χ0) is 12.8. The number of nitrogens with two attached hydrogens (primary N) is 1. The lowest BCUT2D eigenvalue weighted by atomic mass is 10.1. The molecule has 0 unspecified atom stereocenters. The molecule has 1 aliphatic rings. The standard InChI is InChI=1S/C12H15N3O3/c13-12(16)15-14-8-9-3-1-4-10(7-9)11-17-5-2-6-18-11/h1,3-4,7-8,11H,2,5-6H2,(H3,13,15,16). The van der Waals surface area contributed by atoms with Crippen molar-refractivity contribution in [1.29, 1.82) is 0 Å². The molecule has 1 aliphatic heterocycles. The largest absolute Gasteiger partial charge is 0.350 e. The lowest BCUT2D eigenvalue weighted by Crippen LogP contribution is -2.24. The van der Waals surface area contributed by atoms with Gasteiger partial charge >= 0.3 is 6.03 Å². The number of nitrogens with zero attached hydrogens (tertiary/aromatic N) is 1. The van der Waals surface area contributed by atoms with Crippen LogP contribution >= 0.6 is 0 Å².